The summed E-state index contributed by atoms with van der Waals surface area (Å²) >= 11 is 0. The summed E-state index contributed by atoms with van der Waals surface area (Å²) in [5.41, 5.74) is 0. The standard InChI is InChI=1S/C19H34O2/c1-3-4-5-6-16-9-11-17(12-10-16)19(20)21-18-13-7-15(2)8-14-18/h15-18H,3-14H2,1-2H3. The fraction of sp³-hybridized carbons (Fsp3) is 0.947. The molecule has 2 heteroatoms. The van der Waals surface area contributed by atoms with Gasteiger partial charge in [0, 0.05) is 0 Å². The van der Waals surface area contributed by atoms with Crippen molar-refractivity contribution in [3.05, 3.63) is 0 Å². The van der Waals surface area contributed by atoms with Crippen molar-refractivity contribution in [3.63, 3.8) is 0 Å². The van der Waals surface area contributed by atoms with Crippen LogP contribution in [0.25, 0.3) is 0 Å². The van der Waals surface area contributed by atoms with Gasteiger partial charge in [-0.25, -0.2) is 0 Å². The molecular weight excluding hydrogens is 260 g/mol. The van der Waals surface area contributed by atoms with Gasteiger partial charge in [0.2, 0.25) is 0 Å². The molecule has 21 heavy (non-hydrogen) atoms. The summed E-state index contributed by atoms with van der Waals surface area (Å²) in [7, 11) is 0. The van der Waals surface area contributed by atoms with Crippen LogP contribution in [0.2, 0.25) is 0 Å². The minimum atomic E-state index is 0.113. The Morgan fingerprint density at radius 1 is 0.952 bits per heavy atom. The zero-order valence-electron chi connectivity index (χ0n) is 14.1. The van der Waals surface area contributed by atoms with E-state index in [1.807, 2.05) is 0 Å². The predicted octanol–water partition coefficient (Wildman–Crippen LogP) is 5.50. The predicted molar refractivity (Wildman–Crippen MR) is 87.1 cm³/mol. The van der Waals surface area contributed by atoms with E-state index in [4.69, 9.17) is 4.74 Å². The summed E-state index contributed by atoms with van der Waals surface area (Å²) in [6.45, 7) is 4.57. The second kappa shape index (κ2) is 8.80. The lowest BCUT2D eigenvalue weighted by atomic mass is 9.79. The van der Waals surface area contributed by atoms with Crippen LogP contribution in [0.15, 0.2) is 0 Å². The lowest BCUT2D eigenvalue weighted by molar-refractivity contribution is -0.157. The SMILES string of the molecule is CCCCCC1CCC(C(=O)OC2CCC(C)CC2)CC1. The molecule has 2 aliphatic rings. The molecule has 0 bridgehead atoms. The molecule has 2 rings (SSSR count). The van der Waals surface area contributed by atoms with Gasteiger partial charge in [-0.3, -0.25) is 4.79 Å². The van der Waals surface area contributed by atoms with Crippen molar-refractivity contribution in [2.45, 2.75) is 97.0 Å². The highest BCUT2D eigenvalue weighted by molar-refractivity contribution is 5.72. The molecule has 0 radical (unpaired) electrons. The molecule has 0 saturated heterocycles. The third kappa shape index (κ3) is 5.64. The van der Waals surface area contributed by atoms with Crippen LogP contribution in [0.5, 0.6) is 0 Å². The van der Waals surface area contributed by atoms with E-state index in [0.717, 1.165) is 37.5 Å². The molecule has 2 saturated carbocycles. The van der Waals surface area contributed by atoms with Crippen molar-refractivity contribution >= 4 is 5.97 Å². The Morgan fingerprint density at radius 3 is 2.24 bits per heavy atom. The zero-order valence-corrected chi connectivity index (χ0v) is 14.1. The van der Waals surface area contributed by atoms with E-state index < -0.39 is 0 Å². The van der Waals surface area contributed by atoms with Gasteiger partial charge >= 0.3 is 5.97 Å². The maximum Gasteiger partial charge on any atom is 0.309 e. The average molecular weight is 294 g/mol. The molecule has 2 aliphatic carbocycles. The Balaban J connectivity index is 1.63. The Labute approximate surface area is 131 Å². The van der Waals surface area contributed by atoms with Crippen LogP contribution in [0.3, 0.4) is 0 Å². The van der Waals surface area contributed by atoms with Crippen LogP contribution in [0.4, 0.5) is 0 Å². The Bertz CT molecular complexity index is 297. The van der Waals surface area contributed by atoms with Crippen LogP contribution in [0, 0.1) is 17.8 Å². The molecule has 122 valence electrons. The molecule has 0 N–H and O–H groups in total. The first-order valence-electron chi connectivity index (χ1n) is 9.39. The van der Waals surface area contributed by atoms with Gasteiger partial charge in [0.1, 0.15) is 6.10 Å². The van der Waals surface area contributed by atoms with Crippen LogP contribution < -0.4 is 0 Å². The average Bonchev–Trinajstić information content (AvgIpc) is 2.50. The number of esters is 1. The lowest BCUT2D eigenvalue weighted by Gasteiger charge is -2.30. The fourth-order valence-corrected chi connectivity index (χ4v) is 3.98. The van der Waals surface area contributed by atoms with Crippen molar-refractivity contribution in [3.8, 4) is 0 Å². The van der Waals surface area contributed by atoms with Gasteiger partial charge in [0.05, 0.1) is 5.92 Å². The van der Waals surface area contributed by atoms with Crippen LogP contribution >= 0.6 is 0 Å². The molecular formula is C19H34O2. The van der Waals surface area contributed by atoms with E-state index in [2.05, 4.69) is 13.8 Å². The van der Waals surface area contributed by atoms with E-state index in [0.29, 0.717) is 0 Å². The molecule has 2 fully saturated rings. The van der Waals surface area contributed by atoms with Crippen molar-refractivity contribution in [2.24, 2.45) is 17.8 Å². The quantitative estimate of drug-likeness (QED) is 0.478. The molecule has 0 aliphatic heterocycles. The Hall–Kier alpha value is -0.530. The van der Waals surface area contributed by atoms with Gasteiger partial charge in [-0.2, -0.15) is 0 Å². The number of unbranched alkanes of at least 4 members (excludes halogenated alkanes) is 2. The third-order valence-electron chi connectivity index (χ3n) is 5.64. The number of ether oxygens (including phenoxy) is 1. The summed E-state index contributed by atoms with van der Waals surface area (Å²) in [5.74, 6) is 2.00. The van der Waals surface area contributed by atoms with Crippen molar-refractivity contribution in [2.75, 3.05) is 0 Å². The molecule has 0 aromatic carbocycles. The molecule has 2 nitrogen and oxygen atoms in total. The van der Waals surface area contributed by atoms with Gasteiger partial charge in [-0.05, 0) is 63.2 Å². The molecule has 0 heterocycles. The Morgan fingerprint density at radius 2 is 1.62 bits per heavy atom. The minimum Gasteiger partial charge on any atom is -0.462 e. The van der Waals surface area contributed by atoms with E-state index >= 15 is 0 Å². The molecule has 0 amide bonds. The number of rotatable bonds is 6. The summed E-state index contributed by atoms with van der Waals surface area (Å²) in [5, 5.41) is 0. The largest absolute Gasteiger partial charge is 0.462 e. The number of carbonyl (C=O) groups excluding carboxylic acids is 1. The van der Waals surface area contributed by atoms with Crippen LogP contribution in [-0.2, 0) is 9.53 Å². The van der Waals surface area contributed by atoms with Gasteiger partial charge in [-0.15, -0.1) is 0 Å². The Kier molecular flexibility index (Phi) is 7.06. The van der Waals surface area contributed by atoms with Gasteiger partial charge < -0.3 is 4.74 Å². The minimum absolute atomic E-state index is 0.113. The van der Waals surface area contributed by atoms with E-state index in [9.17, 15) is 4.79 Å². The van der Waals surface area contributed by atoms with Gasteiger partial charge in [0.15, 0.2) is 0 Å². The second-order valence-electron chi connectivity index (χ2n) is 7.53. The van der Waals surface area contributed by atoms with Crippen LogP contribution in [-0.4, -0.2) is 12.1 Å². The molecule has 0 aromatic heterocycles. The van der Waals surface area contributed by atoms with Gasteiger partial charge in [0.25, 0.3) is 0 Å². The maximum atomic E-state index is 12.3. The van der Waals surface area contributed by atoms with Crippen molar-refractivity contribution in [1.29, 1.82) is 0 Å². The number of carbonyl (C=O) groups is 1. The summed E-state index contributed by atoms with van der Waals surface area (Å²) in [4.78, 5) is 12.3. The first-order valence-corrected chi connectivity index (χ1v) is 9.39. The zero-order chi connectivity index (χ0) is 15.1. The maximum absolute atomic E-state index is 12.3. The number of hydrogen-bond acceptors (Lipinski definition) is 2. The highest BCUT2D eigenvalue weighted by atomic mass is 16.5. The summed E-state index contributed by atoms with van der Waals surface area (Å²) in [6.07, 6.45) is 14.9. The van der Waals surface area contributed by atoms with Crippen molar-refractivity contribution < 1.29 is 9.53 Å². The van der Waals surface area contributed by atoms with Crippen molar-refractivity contribution in [1.82, 2.24) is 0 Å². The fourth-order valence-electron chi connectivity index (χ4n) is 3.98. The van der Waals surface area contributed by atoms with Crippen LogP contribution in [0.1, 0.15) is 90.9 Å². The normalized spacial score (nSPS) is 33.6. The first-order chi connectivity index (χ1) is 10.2. The highest BCUT2D eigenvalue weighted by Gasteiger charge is 2.29. The molecule has 0 spiro atoms. The molecule has 0 atom stereocenters. The topological polar surface area (TPSA) is 26.3 Å². The third-order valence-corrected chi connectivity index (χ3v) is 5.64. The van der Waals surface area contributed by atoms with E-state index in [-0.39, 0.29) is 18.0 Å². The smallest absolute Gasteiger partial charge is 0.309 e. The summed E-state index contributed by atoms with van der Waals surface area (Å²) in [6, 6.07) is 0. The highest BCUT2D eigenvalue weighted by Crippen LogP contribution is 2.34. The number of hydrogen-bond donors (Lipinski definition) is 0. The molecule has 0 unspecified atom stereocenters. The van der Waals surface area contributed by atoms with E-state index in [1.54, 1.807) is 0 Å². The first kappa shape index (κ1) is 16.8. The monoisotopic (exact) mass is 294 g/mol. The lowest BCUT2D eigenvalue weighted by Crippen LogP contribution is -2.29. The van der Waals surface area contributed by atoms with E-state index in [1.165, 1.54) is 51.4 Å². The molecule has 0 aromatic rings. The second-order valence-corrected chi connectivity index (χ2v) is 7.53. The van der Waals surface area contributed by atoms with Gasteiger partial charge in [-0.1, -0.05) is 39.5 Å². The summed E-state index contributed by atoms with van der Waals surface area (Å²) < 4.78 is 5.77.